The summed E-state index contributed by atoms with van der Waals surface area (Å²) in [6.07, 6.45) is 0. The van der Waals surface area contributed by atoms with Crippen LogP contribution in [0.15, 0.2) is 47.4 Å². The molecule has 10 heteroatoms. The summed E-state index contributed by atoms with van der Waals surface area (Å²) in [7, 11) is -2.30. The van der Waals surface area contributed by atoms with Crippen LogP contribution in [0, 0.1) is 11.3 Å². The minimum Gasteiger partial charge on any atom is -0.497 e. The zero-order valence-electron chi connectivity index (χ0n) is 14.1. The highest BCUT2D eigenvalue weighted by Crippen LogP contribution is 2.29. The quantitative estimate of drug-likeness (QED) is 0.611. The average Bonchev–Trinajstić information content (AvgIpc) is 3.06. The number of nitrogens with zero attached hydrogens (tertiary/aromatic N) is 2. The average molecular weight is 402 g/mol. The lowest BCUT2D eigenvalue weighted by Gasteiger charge is -2.05. The van der Waals surface area contributed by atoms with E-state index in [1.54, 1.807) is 30.3 Å². The number of nitriles is 1. The molecule has 0 atom stereocenters. The number of methoxy groups -OCH3 is 1. The van der Waals surface area contributed by atoms with Crippen LogP contribution < -0.4 is 14.8 Å². The number of nitrogens with one attached hydrogen (secondary N) is 2. The number of carbonyl (C=O) groups is 1. The van der Waals surface area contributed by atoms with E-state index in [-0.39, 0.29) is 22.5 Å². The molecule has 1 aromatic heterocycles. The highest BCUT2D eigenvalue weighted by molar-refractivity contribution is 7.93. The molecule has 2 aromatic carbocycles. The van der Waals surface area contributed by atoms with Crippen LogP contribution in [-0.4, -0.2) is 33.0 Å². The highest BCUT2D eigenvalue weighted by atomic mass is 32.2. The van der Waals surface area contributed by atoms with E-state index in [1.165, 1.54) is 19.2 Å². The molecule has 8 nitrogen and oxygen atoms in total. The van der Waals surface area contributed by atoms with Crippen molar-refractivity contribution in [2.75, 3.05) is 18.4 Å². The van der Waals surface area contributed by atoms with Crippen molar-refractivity contribution in [3.05, 3.63) is 48.0 Å². The number of anilines is 1. The molecule has 138 valence electrons. The molecule has 0 aliphatic carbocycles. The van der Waals surface area contributed by atoms with Crippen molar-refractivity contribution in [1.29, 1.82) is 5.26 Å². The van der Waals surface area contributed by atoms with E-state index in [0.717, 1.165) is 11.3 Å². The van der Waals surface area contributed by atoms with Crippen LogP contribution in [0.25, 0.3) is 10.2 Å². The Kier molecular flexibility index (Phi) is 5.25. The number of thiazole rings is 1. The Hall–Kier alpha value is -3.16. The van der Waals surface area contributed by atoms with Gasteiger partial charge in [0.25, 0.3) is 15.9 Å². The number of fused-ring (bicyclic) bond motifs is 1. The number of ether oxygens (including phenoxy) is 1. The first kappa shape index (κ1) is 18.6. The molecular formula is C17H14N4O4S2. The van der Waals surface area contributed by atoms with Crippen molar-refractivity contribution < 1.29 is 17.9 Å². The number of amides is 1. The zero-order valence-corrected chi connectivity index (χ0v) is 15.7. The van der Waals surface area contributed by atoms with E-state index in [4.69, 9.17) is 10.00 Å². The lowest BCUT2D eigenvalue weighted by Crippen LogP contribution is -2.23. The molecule has 27 heavy (non-hydrogen) atoms. The third-order valence-corrected chi connectivity index (χ3v) is 5.99. The second-order valence-electron chi connectivity index (χ2n) is 5.32. The predicted molar refractivity (Wildman–Crippen MR) is 101 cm³/mol. The van der Waals surface area contributed by atoms with Crippen LogP contribution >= 0.6 is 11.3 Å². The van der Waals surface area contributed by atoms with Gasteiger partial charge in [0, 0.05) is 5.56 Å². The molecule has 0 bridgehead atoms. The molecule has 0 radical (unpaired) electrons. The van der Waals surface area contributed by atoms with Gasteiger partial charge in [-0.25, -0.2) is 13.4 Å². The van der Waals surface area contributed by atoms with Crippen molar-refractivity contribution in [2.45, 2.75) is 4.90 Å². The Labute approximate surface area is 159 Å². The molecule has 0 saturated heterocycles. The van der Waals surface area contributed by atoms with E-state index >= 15 is 0 Å². The fourth-order valence-corrected chi connectivity index (χ4v) is 4.40. The van der Waals surface area contributed by atoms with Gasteiger partial charge in [-0.15, -0.1) is 0 Å². The van der Waals surface area contributed by atoms with E-state index in [9.17, 15) is 13.2 Å². The molecule has 3 aromatic rings. The molecular weight excluding hydrogens is 388 g/mol. The van der Waals surface area contributed by atoms with Crippen LogP contribution in [0.3, 0.4) is 0 Å². The fraction of sp³-hybridized carbons (Fsp3) is 0.118. The first-order chi connectivity index (χ1) is 12.9. The van der Waals surface area contributed by atoms with Gasteiger partial charge in [-0.05, 0) is 42.5 Å². The van der Waals surface area contributed by atoms with Gasteiger partial charge in [-0.1, -0.05) is 11.3 Å². The van der Waals surface area contributed by atoms with E-state index in [0.29, 0.717) is 21.5 Å². The van der Waals surface area contributed by atoms with Crippen LogP contribution in [0.1, 0.15) is 10.4 Å². The minimum atomic E-state index is -3.80. The summed E-state index contributed by atoms with van der Waals surface area (Å²) in [6, 6.07) is 12.6. The van der Waals surface area contributed by atoms with Crippen LogP contribution in [0.4, 0.5) is 5.13 Å². The van der Waals surface area contributed by atoms with Crippen molar-refractivity contribution in [3.63, 3.8) is 0 Å². The van der Waals surface area contributed by atoms with E-state index < -0.39 is 10.0 Å². The Bertz CT molecular complexity index is 1130. The van der Waals surface area contributed by atoms with Crippen molar-refractivity contribution >= 4 is 42.6 Å². The molecule has 0 aliphatic rings. The molecule has 0 spiro atoms. The zero-order chi connectivity index (χ0) is 19.4. The predicted octanol–water partition coefficient (Wildman–Crippen LogP) is 2.36. The first-order valence-electron chi connectivity index (χ1n) is 7.65. The maximum atomic E-state index is 12.5. The normalized spacial score (nSPS) is 11.0. The largest absolute Gasteiger partial charge is 0.497 e. The van der Waals surface area contributed by atoms with Gasteiger partial charge in [-0.2, -0.15) is 5.26 Å². The molecule has 3 rings (SSSR count). The second kappa shape index (κ2) is 7.61. The summed E-state index contributed by atoms with van der Waals surface area (Å²) >= 11 is 1.11. The summed E-state index contributed by atoms with van der Waals surface area (Å²) in [5, 5.41) is 11.2. The number of aromatic nitrogens is 1. The Morgan fingerprint density at radius 3 is 2.67 bits per heavy atom. The number of benzene rings is 2. The SMILES string of the molecule is COc1ccc(S(=O)(=O)Nc2nc3ccc(C(=O)NCC#N)cc3s2)cc1. The third-order valence-electron chi connectivity index (χ3n) is 3.57. The molecule has 0 aliphatic heterocycles. The Balaban J connectivity index is 1.84. The van der Waals surface area contributed by atoms with Gasteiger partial charge in [0.2, 0.25) is 0 Å². The lowest BCUT2D eigenvalue weighted by atomic mass is 10.2. The summed E-state index contributed by atoms with van der Waals surface area (Å²) in [5.41, 5.74) is 0.926. The Morgan fingerprint density at radius 1 is 1.26 bits per heavy atom. The number of sulfonamides is 1. The van der Waals surface area contributed by atoms with Gasteiger partial charge in [0.1, 0.15) is 12.3 Å². The van der Waals surface area contributed by atoms with Gasteiger partial charge in [0.15, 0.2) is 5.13 Å². The number of hydrogen-bond donors (Lipinski definition) is 2. The van der Waals surface area contributed by atoms with Crippen LogP contribution in [0.2, 0.25) is 0 Å². The highest BCUT2D eigenvalue weighted by Gasteiger charge is 2.17. The molecule has 2 N–H and O–H groups in total. The lowest BCUT2D eigenvalue weighted by molar-refractivity contribution is 0.0958. The minimum absolute atomic E-state index is 0.0825. The summed E-state index contributed by atoms with van der Waals surface area (Å²) in [5.74, 6) is 0.170. The Morgan fingerprint density at radius 2 is 2.00 bits per heavy atom. The molecule has 1 heterocycles. The molecule has 0 unspecified atom stereocenters. The van der Waals surface area contributed by atoms with Crippen molar-refractivity contribution in [1.82, 2.24) is 10.3 Å². The summed E-state index contributed by atoms with van der Waals surface area (Å²) in [6.45, 7) is -0.0908. The smallest absolute Gasteiger partial charge is 0.263 e. The van der Waals surface area contributed by atoms with Gasteiger partial charge in [0.05, 0.1) is 28.3 Å². The number of hydrogen-bond acceptors (Lipinski definition) is 7. The topological polar surface area (TPSA) is 121 Å². The first-order valence-corrected chi connectivity index (χ1v) is 9.95. The van der Waals surface area contributed by atoms with Gasteiger partial charge < -0.3 is 10.1 Å². The second-order valence-corrected chi connectivity index (χ2v) is 8.04. The summed E-state index contributed by atoms with van der Waals surface area (Å²) < 4.78 is 33.1. The third kappa shape index (κ3) is 4.16. The maximum Gasteiger partial charge on any atom is 0.263 e. The van der Waals surface area contributed by atoms with E-state index in [2.05, 4.69) is 15.0 Å². The van der Waals surface area contributed by atoms with E-state index in [1.807, 2.05) is 6.07 Å². The summed E-state index contributed by atoms with van der Waals surface area (Å²) in [4.78, 5) is 16.2. The fourth-order valence-electron chi connectivity index (χ4n) is 2.26. The van der Waals surface area contributed by atoms with Crippen molar-refractivity contribution in [2.24, 2.45) is 0 Å². The van der Waals surface area contributed by atoms with Crippen LogP contribution in [-0.2, 0) is 10.0 Å². The monoisotopic (exact) mass is 402 g/mol. The molecule has 0 fully saturated rings. The molecule has 0 saturated carbocycles. The standard InChI is InChI=1S/C17H14N4O4S2/c1-25-12-3-5-13(6-4-12)27(23,24)21-17-20-14-7-2-11(10-15(14)26-17)16(22)19-9-8-18/h2-7,10H,9H2,1H3,(H,19,22)(H,20,21). The number of rotatable bonds is 6. The molecule has 1 amide bonds. The number of carbonyl (C=O) groups excluding carboxylic acids is 1. The maximum absolute atomic E-state index is 12.5. The van der Waals surface area contributed by atoms with Gasteiger partial charge >= 0.3 is 0 Å². The van der Waals surface area contributed by atoms with Gasteiger partial charge in [-0.3, -0.25) is 9.52 Å². The van der Waals surface area contributed by atoms with Crippen molar-refractivity contribution in [3.8, 4) is 11.8 Å². The van der Waals surface area contributed by atoms with Crippen LogP contribution in [0.5, 0.6) is 5.75 Å².